The molecule has 2 aliphatic heterocycles. The number of hydrogen-bond donors (Lipinski definition) is 0. The Labute approximate surface area is 220 Å². The van der Waals surface area contributed by atoms with Gasteiger partial charge in [0.1, 0.15) is 0 Å². The van der Waals surface area contributed by atoms with E-state index in [4.69, 9.17) is 14.5 Å². The van der Waals surface area contributed by atoms with E-state index in [1.165, 1.54) is 22.3 Å². The first-order chi connectivity index (χ1) is 17.5. The zero-order chi connectivity index (χ0) is 25.1. The Morgan fingerprint density at radius 3 is 2.58 bits per heavy atom. The van der Waals surface area contributed by atoms with Crippen molar-refractivity contribution in [3.63, 3.8) is 0 Å². The number of aliphatic imine (C=N–C) groups is 1. The summed E-state index contributed by atoms with van der Waals surface area (Å²) in [5, 5.41) is 0.663. The number of ether oxygens (including phenoxy) is 2. The van der Waals surface area contributed by atoms with Crippen LogP contribution in [0.15, 0.2) is 93.2 Å². The number of thioether (sulfide) groups is 2. The Hall–Kier alpha value is -3.36. The third-order valence-electron chi connectivity index (χ3n) is 5.81. The summed E-state index contributed by atoms with van der Waals surface area (Å²) in [7, 11) is 4.09. The van der Waals surface area contributed by atoms with Gasteiger partial charge in [0.15, 0.2) is 16.7 Å². The lowest BCUT2D eigenvalue weighted by Gasteiger charge is -2.17. The number of para-hydroxylation sites is 1. The summed E-state index contributed by atoms with van der Waals surface area (Å²) in [6.07, 6.45) is 0. The maximum Gasteiger partial charge on any atom is 0.267 e. The molecular formula is C28H27N3O3S2. The molecule has 5 rings (SSSR count). The monoisotopic (exact) mass is 517 g/mol. The Bertz CT molecular complexity index is 1340. The minimum absolute atomic E-state index is 0.0117. The van der Waals surface area contributed by atoms with Gasteiger partial charge in [-0.3, -0.25) is 9.69 Å². The molecule has 3 aromatic carbocycles. The number of carbonyl (C=O) groups excluding carboxylic acids is 1. The molecule has 0 bridgehead atoms. The lowest BCUT2D eigenvalue weighted by Crippen LogP contribution is -2.28. The number of benzene rings is 3. The first-order valence-electron chi connectivity index (χ1n) is 11.6. The molecule has 1 saturated heterocycles. The molecule has 0 aromatic heterocycles. The highest BCUT2D eigenvalue weighted by Crippen LogP contribution is 2.40. The Morgan fingerprint density at radius 1 is 1.03 bits per heavy atom. The number of fused-ring (bicyclic) bond motifs is 1. The summed E-state index contributed by atoms with van der Waals surface area (Å²) in [4.78, 5) is 24.3. The number of hydrogen-bond acceptors (Lipinski definition) is 7. The smallest absolute Gasteiger partial charge is 0.267 e. The van der Waals surface area contributed by atoms with E-state index in [0.717, 1.165) is 27.5 Å². The van der Waals surface area contributed by atoms with Gasteiger partial charge in [-0.15, -0.1) is 11.8 Å². The molecule has 0 radical (unpaired) electrons. The minimum Gasteiger partial charge on any atom is -0.454 e. The second-order valence-electron chi connectivity index (χ2n) is 8.67. The molecular weight excluding hydrogens is 490 g/mol. The van der Waals surface area contributed by atoms with Crippen LogP contribution in [0.5, 0.6) is 11.5 Å². The lowest BCUT2D eigenvalue weighted by atomic mass is 10.2. The SMILES string of the molecule is C/C(CSc1ccccc1N(C)C)=C1/SC(=Nc2ccc3c(c2)OCO3)N(Cc2ccccc2)C1=O. The Kier molecular flexibility index (Phi) is 7.25. The second kappa shape index (κ2) is 10.7. The van der Waals surface area contributed by atoms with Gasteiger partial charge in [0.25, 0.3) is 5.91 Å². The lowest BCUT2D eigenvalue weighted by molar-refractivity contribution is -0.122. The summed E-state index contributed by atoms with van der Waals surface area (Å²) in [6, 6.07) is 23.9. The van der Waals surface area contributed by atoms with Crippen molar-refractivity contribution in [1.29, 1.82) is 0 Å². The van der Waals surface area contributed by atoms with Crippen LogP contribution >= 0.6 is 23.5 Å². The van der Waals surface area contributed by atoms with Crippen LogP contribution in [0.1, 0.15) is 12.5 Å². The number of carbonyl (C=O) groups is 1. The average Bonchev–Trinajstić information content (AvgIpc) is 3.48. The molecule has 6 nitrogen and oxygen atoms in total. The van der Waals surface area contributed by atoms with Crippen LogP contribution < -0.4 is 14.4 Å². The number of amidine groups is 1. The van der Waals surface area contributed by atoms with Crippen LogP contribution in [0, 0.1) is 0 Å². The van der Waals surface area contributed by atoms with E-state index in [1.807, 2.05) is 81.7 Å². The van der Waals surface area contributed by atoms with Gasteiger partial charge in [-0.25, -0.2) is 4.99 Å². The molecule has 2 heterocycles. The van der Waals surface area contributed by atoms with E-state index in [0.29, 0.717) is 23.2 Å². The van der Waals surface area contributed by atoms with Crippen molar-refractivity contribution >= 4 is 46.0 Å². The molecule has 0 aliphatic carbocycles. The van der Waals surface area contributed by atoms with Crippen molar-refractivity contribution in [2.24, 2.45) is 4.99 Å². The summed E-state index contributed by atoms with van der Waals surface area (Å²) in [5.74, 6) is 2.09. The largest absolute Gasteiger partial charge is 0.454 e. The number of rotatable bonds is 7. The van der Waals surface area contributed by atoms with Gasteiger partial charge in [0.05, 0.1) is 17.1 Å². The Balaban J connectivity index is 1.43. The number of anilines is 1. The molecule has 0 atom stereocenters. The van der Waals surface area contributed by atoms with Gasteiger partial charge in [-0.2, -0.15) is 0 Å². The molecule has 1 amide bonds. The summed E-state index contributed by atoms with van der Waals surface area (Å²) in [5.41, 5.74) is 3.98. The predicted octanol–water partition coefficient (Wildman–Crippen LogP) is 6.31. The van der Waals surface area contributed by atoms with Crippen LogP contribution in [0.2, 0.25) is 0 Å². The van der Waals surface area contributed by atoms with Gasteiger partial charge >= 0.3 is 0 Å². The van der Waals surface area contributed by atoms with Crippen molar-refractivity contribution in [2.45, 2.75) is 18.4 Å². The molecule has 184 valence electrons. The molecule has 8 heteroatoms. The third-order valence-corrected chi connectivity index (χ3v) is 8.26. The van der Waals surface area contributed by atoms with E-state index in [2.05, 4.69) is 17.0 Å². The second-order valence-corrected chi connectivity index (χ2v) is 10.7. The maximum atomic E-state index is 13.6. The molecule has 0 saturated carbocycles. The Morgan fingerprint density at radius 2 is 1.78 bits per heavy atom. The third kappa shape index (κ3) is 5.24. The topological polar surface area (TPSA) is 54.4 Å². The van der Waals surface area contributed by atoms with Crippen LogP contribution in [0.4, 0.5) is 11.4 Å². The zero-order valence-electron chi connectivity index (χ0n) is 20.4. The van der Waals surface area contributed by atoms with Gasteiger partial charge in [-0.05, 0) is 54.1 Å². The standard InChI is InChI=1S/C28H27N3O3S2/c1-19(17-35-25-12-8-7-11-22(25)30(2)3)26-27(32)31(16-20-9-5-4-6-10-20)28(36-26)29-21-13-14-23-24(15-21)34-18-33-23/h4-15H,16-18H2,1-3H3/b26-19-,29-28?. The first-order valence-corrected chi connectivity index (χ1v) is 13.4. The van der Waals surface area contributed by atoms with E-state index >= 15 is 0 Å². The molecule has 36 heavy (non-hydrogen) atoms. The summed E-state index contributed by atoms with van der Waals surface area (Å²) in [6.45, 7) is 2.71. The molecule has 0 spiro atoms. The van der Waals surface area contributed by atoms with Crippen molar-refractivity contribution in [1.82, 2.24) is 4.90 Å². The van der Waals surface area contributed by atoms with Crippen molar-refractivity contribution in [3.8, 4) is 11.5 Å². The minimum atomic E-state index is -0.0117. The zero-order valence-corrected chi connectivity index (χ0v) is 22.1. The van der Waals surface area contributed by atoms with Crippen LogP contribution in [0.3, 0.4) is 0 Å². The van der Waals surface area contributed by atoms with E-state index in [9.17, 15) is 4.79 Å². The van der Waals surface area contributed by atoms with E-state index in [1.54, 1.807) is 16.7 Å². The molecule has 1 fully saturated rings. The fraction of sp³-hybridized carbons (Fsp3) is 0.214. The molecule has 3 aromatic rings. The molecule has 0 N–H and O–H groups in total. The van der Waals surface area contributed by atoms with Gasteiger partial charge in [0.2, 0.25) is 6.79 Å². The van der Waals surface area contributed by atoms with E-state index < -0.39 is 0 Å². The summed E-state index contributed by atoms with van der Waals surface area (Å²) < 4.78 is 10.9. The van der Waals surface area contributed by atoms with Crippen molar-refractivity contribution in [2.75, 3.05) is 31.5 Å². The number of amides is 1. The highest BCUT2D eigenvalue weighted by molar-refractivity contribution is 8.18. The number of nitrogens with zero attached hydrogens (tertiary/aromatic N) is 3. The predicted molar refractivity (Wildman–Crippen MR) is 148 cm³/mol. The van der Waals surface area contributed by atoms with Crippen LogP contribution in [-0.2, 0) is 11.3 Å². The van der Waals surface area contributed by atoms with Crippen LogP contribution in [0.25, 0.3) is 0 Å². The van der Waals surface area contributed by atoms with Gasteiger partial charge in [0, 0.05) is 36.5 Å². The molecule has 2 aliphatic rings. The van der Waals surface area contributed by atoms with E-state index in [-0.39, 0.29) is 12.7 Å². The van der Waals surface area contributed by atoms with Gasteiger partial charge < -0.3 is 14.4 Å². The van der Waals surface area contributed by atoms with Gasteiger partial charge in [-0.1, -0.05) is 42.5 Å². The fourth-order valence-corrected chi connectivity index (χ4v) is 6.14. The summed E-state index contributed by atoms with van der Waals surface area (Å²) >= 11 is 3.18. The van der Waals surface area contributed by atoms with Crippen molar-refractivity contribution < 1.29 is 14.3 Å². The fourth-order valence-electron chi connectivity index (χ4n) is 3.92. The normalized spacial score (nSPS) is 17.1. The maximum absolute atomic E-state index is 13.6. The highest BCUT2D eigenvalue weighted by Gasteiger charge is 2.35. The average molecular weight is 518 g/mol. The van der Waals surface area contributed by atoms with Crippen LogP contribution in [-0.4, -0.2) is 42.6 Å². The van der Waals surface area contributed by atoms with Crippen molar-refractivity contribution in [3.05, 3.63) is 88.8 Å². The quantitative estimate of drug-likeness (QED) is 0.270. The first kappa shape index (κ1) is 24.3. The highest BCUT2D eigenvalue weighted by atomic mass is 32.2. The molecule has 0 unspecified atom stereocenters.